The zero-order chi connectivity index (χ0) is 14.5. The van der Waals surface area contributed by atoms with Gasteiger partial charge in [-0.15, -0.1) is 0 Å². The second kappa shape index (κ2) is 6.44. The second-order valence-corrected chi connectivity index (χ2v) is 4.88. The molecule has 2 rings (SSSR count). The van der Waals surface area contributed by atoms with Gasteiger partial charge in [-0.25, -0.2) is 0 Å². The number of hydrogen-bond acceptors (Lipinski definition) is 2. The quantitative estimate of drug-likeness (QED) is 0.663. The van der Waals surface area contributed by atoms with E-state index in [4.69, 9.17) is 16.3 Å². The molecule has 1 aromatic heterocycles. The van der Waals surface area contributed by atoms with E-state index in [0.717, 1.165) is 16.7 Å². The van der Waals surface area contributed by atoms with Crippen molar-refractivity contribution in [1.82, 2.24) is 4.98 Å². The number of carbonyl (C=O) groups is 1. The number of rotatable bonds is 5. The molecule has 0 bridgehead atoms. The van der Waals surface area contributed by atoms with Crippen molar-refractivity contribution in [3.05, 3.63) is 59.9 Å². The molecule has 1 N–H and O–H groups in total. The molecule has 0 aliphatic carbocycles. The van der Waals surface area contributed by atoms with Gasteiger partial charge in [0.25, 0.3) is 0 Å². The number of aromatic amines is 1. The summed E-state index contributed by atoms with van der Waals surface area (Å²) in [6.07, 6.45) is 5.29. The van der Waals surface area contributed by atoms with Gasteiger partial charge in [-0.1, -0.05) is 36.4 Å². The first-order valence-corrected chi connectivity index (χ1v) is 6.71. The van der Waals surface area contributed by atoms with E-state index >= 15 is 0 Å². The first kappa shape index (κ1) is 14.4. The van der Waals surface area contributed by atoms with Crippen molar-refractivity contribution in [3.63, 3.8) is 0 Å². The molecule has 1 unspecified atom stereocenters. The van der Waals surface area contributed by atoms with E-state index in [2.05, 4.69) is 11.6 Å². The van der Waals surface area contributed by atoms with Crippen molar-refractivity contribution in [1.29, 1.82) is 0 Å². The van der Waals surface area contributed by atoms with Gasteiger partial charge in [0.2, 0.25) is 0 Å². The van der Waals surface area contributed by atoms with Crippen LogP contribution in [-0.2, 0) is 9.53 Å². The smallest absolute Gasteiger partial charge is 0.313 e. The van der Waals surface area contributed by atoms with Gasteiger partial charge in [-0.2, -0.15) is 0 Å². The van der Waals surface area contributed by atoms with Crippen LogP contribution in [0.2, 0.25) is 5.02 Å². The van der Waals surface area contributed by atoms with Crippen molar-refractivity contribution in [2.75, 3.05) is 6.61 Å². The molecule has 3 nitrogen and oxygen atoms in total. The first-order valence-electron chi connectivity index (χ1n) is 6.33. The summed E-state index contributed by atoms with van der Waals surface area (Å²) in [5.41, 5.74) is 2.83. The third-order valence-corrected chi connectivity index (χ3v) is 3.42. The van der Waals surface area contributed by atoms with Crippen molar-refractivity contribution >= 4 is 17.6 Å². The maximum absolute atomic E-state index is 11.8. The highest BCUT2D eigenvalue weighted by Crippen LogP contribution is 2.30. The molecule has 20 heavy (non-hydrogen) atoms. The molecule has 0 radical (unpaired) electrons. The summed E-state index contributed by atoms with van der Waals surface area (Å²) < 4.78 is 5.04. The summed E-state index contributed by atoms with van der Waals surface area (Å²) >= 11 is 6.28. The third kappa shape index (κ3) is 3.11. The normalized spacial score (nSPS) is 11.9. The Morgan fingerprint density at radius 3 is 2.85 bits per heavy atom. The Bertz CT molecular complexity index is 605. The average molecular weight is 290 g/mol. The van der Waals surface area contributed by atoms with Gasteiger partial charge in [0.15, 0.2) is 0 Å². The molecule has 0 aliphatic heterocycles. The third-order valence-electron chi connectivity index (χ3n) is 3.10. The van der Waals surface area contributed by atoms with E-state index in [1.165, 1.54) is 0 Å². The summed E-state index contributed by atoms with van der Waals surface area (Å²) in [6.45, 7) is 5.51. The number of carbonyl (C=O) groups excluding carboxylic acids is 1. The Labute approximate surface area is 123 Å². The fraction of sp³-hybridized carbons (Fsp3) is 0.188. The van der Waals surface area contributed by atoms with Crippen molar-refractivity contribution in [3.8, 4) is 11.1 Å². The van der Waals surface area contributed by atoms with Crippen LogP contribution in [0, 0.1) is 0 Å². The molecular weight excluding hydrogens is 274 g/mol. The predicted octanol–water partition coefficient (Wildman–Crippen LogP) is 4.17. The summed E-state index contributed by atoms with van der Waals surface area (Å²) in [7, 11) is 0. The van der Waals surface area contributed by atoms with Crippen molar-refractivity contribution < 1.29 is 9.53 Å². The van der Waals surface area contributed by atoms with Crippen LogP contribution in [0.4, 0.5) is 0 Å². The SMILES string of the molecule is C=CCOC(=O)C(C)c1ccc(-c2cc[nH]c2)cc1Cl. The lowest BCUT2D eigenvalue weighted by molar-refractivity contribution is -0.143. The van der Waals surface area contributed by atoms with E-state index in [-0.39, 0.29) is 12.6 Å². The highest BCUT2D eigenvalue weighted by atomic mass is 35.5. The summed E-state index contributed by atoms with van der Waals surface area (Å²) in [5.74, 6) is -0.705. The summed E-state index contributed by atoms with van der Waals surface area (Å²) in [6, 6.07) is 7.64. The molecule has 104 valence electrons. The van der Waals surface area contributed by atoms with Crippen LogP contribution in [-0.4, -0.2) is 17.6 Å². The lowest BCUT2D eigenvalue weighted by Gasteiger charge is -2.13. The highest BCUT2D eigenvalue weighted by molar-refractivity contribution is 6.32. The van der Waals surface area contributed by atoms with E-state index in [9.17, 15) is 4.79 Å². The monoisotopic (exact) mass is 289 g/mol. The maximum Gasteiger partial charge on any atom is 0.313 e. The van der Waals surface area contributed by atoms with Crippen molar-refractivity contribution in [2.24, 2.45) is 0 Å². The Morgan fingerprint density at radius 2 is 2.25 bits per heavy atom. The number of benzene rings is 1. The average Bonchev–Trinajstić information content (AvgIpc) is 2.98. The molecule has 0 amide bonds. The molecule has 0 fully saturated rings. The van der Waals surface area contributed by atoms with E-state index in [1.54, 1.807) is 13.0 Å². The number of H-pyrrole nitrogens is 1. The van der Waals surface area contributed by atoms with Gasteiger partial charge in [0, 0.05) is 17.4 Å². The number of aromatic nitrogens is 1. The minimum Gasteiger partial charge on any atom is -0.461 e. The summed E-state index contributed by atoms with van der Waals surface area (Å²) in [4.78, 5) is 14.8. The Kier molecular flexibility index (Phi) is 4.64. The molecular formula is C16H16ClNO2. The van der Waals surface area contributed by atoms with E-state index in [0.29, 0.717) is 5.02 Å². The van der Waals surface area contributed by atoms with Gasteiger partial charge in [0.1, 0.15) is 6.61 Å². The minimum atomic E-state index is -0.400. The number of esters is 1. The minimum absolute atomic E-state index is 0.211. The number of nitrogens with one attached hydrogen (secondary N) is 1. The molecule has 4 heteroatoms. The number of hydrogen-bond donors (Lipinski definition) is 1. The van der Waals surface area contributed by atoms with Crippen LogP contribution in [0.15, 0.2) is 49.3 Å². The van der Waals surface area contributed by atoms with Crippen LogP contribution in [0.1, 0.15) is 18.4 Å². The zero-order valence-electron chi connectivity index (χ0n) is 11.2. The van der Waals surface area contributed by atoms with Crippen LogP contribution >= 0.6 is 11.6 Å². The van der Waals surface area contributed by atoms with Gasteiger partial charge < -0.3 is 9.72 Å². The second-order valence-electron chi connectivity index (χ2n) is 4.48. The van der Waals surface area contributed by atoms with Crippen molar-refractivity contribution in [2.45, 2.75) is 12.8 Å². The van der Waals surface area contributed by atoms with Gasteiger partial charge >= 0.3 is 5.97 Å². The maximum atomic E-state index is 11.8. The molecule has 0 aliphatic rings. The topological polar surface area (TPSA) is 42.1 Å². The zero-order valence-corrected chi connectivity index (χ0v) is 12.0. The Morgan fingerprint density at radius 1 is 1.45 bits per heavy atom. The standard InChI is InChI=1S/C16H16ClNO2/c1-3-8-20-16(19)11(2)14-5-4-12(9-15(14)17)13-6-7-18-10-13/h3-7,9-11,18H,1,8H2,2H3. The lowest BCUT2D eigenvalue weighted by atomic mass is 9.98. The van der Waals surface area contributed by atoms with Gasteiger partial charge in [-0.05, 0) is 35.7 Å². The predicted molar refractivity (Wildman–Crippen MR) is 80.8 cm³/mol. The molecule has 1 aromatic carbocycles. The highest BCUT2D eigenvalue weighted by Gasteiger charge is 2.19. The molecule has 1 heterocycles. The largest absolute Gasteiger partial charge is 0.461 e. The molecule has 1 atom stereocenters. The van der Waals surface area contributed by atoms with Gasteiger partial charge in [0.05, 0.1) is 5.92 Å². The molecule has 2 aromatic rings. The lowest BCUT2D eigenvalue weighted by Crippen LogP contribution is -2.13. The van der Waals surface area contributed by atoms with Crippen LogP contribution in [0.3, 0.4) is 0 Å². The molecule has 0 saturated heterocycles. The fourth-order valence-electron chi connectivity index (χ4n) is 1.95. The molecule has 0 saturated carbocycles. The fourth-order valence-corrected chi connectivity index (χ4v) is 2.30. The Balaban J connectivity index is 2.21. The first-order chi connectivity index (χ1) is 9.63. The Hall–Kier alpha value is -2.00. The van der Waals surface area contributed by atoms with Crippen LogP contribution < -0.4 is 0 Å². The number of halogens is 1. The van der Waals surface area contributed by atoms with Gasteiger partial charge in [-0.3, -0.25) is 4.79 Å². The number of ether oxygens (including phenoxy) is 1. The van der Waals surface area contributed by atoms with E-state index < -0.39 is 5.92 Å². The molecule has 0 spiro atoms. The summed E-state index contributed by atoms with van der Waals surface area (Å²) in [5, 5.41) is 0.562. The van der Waals surface area contributed by atoms with Crippen LogP contribution in [0.5, 0.6) is 0 Å². The van der Waals surface area contributed by atoms with E-state index in [1.807, 2.05) is 36.7 Å². The van der Waals surface area contributed by atoms with Crippen LogP contribution in [0.25, 0.3) is 11.1 Å².